The summed E-state index contributed by atoms with van der Waals surface area (Å²) in [4.78, 5) is 0. The van der Waals surface area contributed by atoms with Crippen LogP contribution in [0, 0.1) is 0 Å². The number of unbranched alkanes of at least 4 members (excludes halogenated alkanes) is 16. The van der Waals surface area contributed by atoms with Gasteiger partial charge in [-0.05, 0) is 103 Å². The summed E-state index contributed by atoms with van der Waals surface area (Å²) in [5, 5.41) is 19.4. The molecule has 2 rings (SSSR count). The van der Waals surface area contributed by atoms with Gasteiger partial charge >= 0.3 is 86.2 Å². The van der Waals surface area contributed by atoms with E-state index >= 15 is 0 Å². The third-order valence-corrected chi connectivity index (χ3v) is 93.2. The number of nitrogens with two attached hydrogens (primary N) is 8. The second-order valence-electron chi connectivity index (χ2n) is 21.3. The molecule has 0 aromatic heterocycles. The zero-order chi connectivity index (χ0) is 61.3. The third-order valence-electron chi connectivity index (χ3n) is 12.5. The standard InChI is InChI=1S/8C8H19N.2Ge2S2.8H2S/c8*1-3-5-7-9-8-6-4-2;2*1-3-2-4-1;;;;;;;;/h8*9H,3-8H2,1-2H3;;;8*1H2. The van der Waals surface area contributed by atoms with Gasteiger partial charge in [-0.1, -0.05) is 214 Å². The first-order valence-electron chi connectivity index (χ1n) is 35.5. The van der Waals surface area contributed by atoms with Gasteiger partial charge in [0.05, 0.1) is 105 Å². The number of rotatable bonds is 48. The Morgan fingerprint density at radius 2 is 0.205 bits per heavy atom. The molecule has 0 saturated carbocycles. The molecule has 2 heterocycles. The molecule has 0 unspecified atom stereocenters. The summed E-state index contributed by atoms with van der Waals surface area (Å²) in [6, 6.07) is 0. The maximum atomic E-state index is 2.42. The average Bonchev–Trinajstić information content (AvgIpc) is 3.43. The molecule has 2 aliphatic heterocycles. The molecule has 2 saturated heterocycles. The fourth-order valence-corrected chi connectivity index (χ4v) is 27.0. The van der Waals surface area contributed by atoms with Crippen LogP contribution in [0.2, 0.25) is 0 Å². The Labute approximate surface area is 650 Å². The van der Waals surface area contributed by atoms with Crippen molar-refractivity contribution in [3.63, 3.8) is 0 Å². The molecule has 2 aliphatic rings. The molecule has 0 aliphatic carbocycles. The number of quaternary nitrogens is 8. The van der Waals surface area contributed by atoms with E-state index in [-0.39, 0.29) is 108 Å². The van der Waals surface area contributed by atoms with Crippen molar-refractivity contribution in [3.05, 3.63) is 0 Å². The zero-order valence-corrected chi connectivity index (χ0v) is 80.6. The molecular formula is C64H168Ge4N8S12. The first-order valence-corrected chi connectivity index (χ1v) is 59.3. The van der Waals surface area contributed by atoms with Gasteiger partial charge in [0.15, 0.2) is 0 Å². The Balaban J connectivity index is -0.0000000466. The van der Waals surface area contributed by atoms with Crippen LogP contribution in [-0.2, 0) is 108 Å². The number of hydrogen-bond donors (Lipinski definition) is 8. The second kappa shape index (κ2) is 161. The van der Waals surface area contributed by atoms with Gasteiger partial charge in [0.25, 0.3) is 0 Å². The third kappa shape index (κ3) is 198. The van der Waals surface area contributed by atoms with Gasteiger partial charge in [0.1, 0.15) is 0 Å². The molecule has 16 N–H and O–H groups in total. The predicted molar refractivity (Wildman–Crippen MR) is 455 cm³/mol. The van der Waals surface area contributed by atoms with Gasteiger partial charge in [-0.2, -0.15) is 0 Å². The summed E-state index contributed by atoms with van der Waals surface area (Å²) >= 11 is 2.33. The molecule has 24 heteroatoms. The minimum absolute atomic E-state index is 0. The first-order chi connectivity index (χ1) is 39.3. The van der Waals surface area contributed by atoms with E-state index in [9.17, 15) is 0 Å². The Bertz CT molecular complexity index is 637. The maximum absolute atomic E-state index is 2.42. The molecule has 0 atom stereocenters. The summed E-state index contributed by atoms with van der Waals surface area (Å²) in [6.07, 6.45) is 43.4. The quantitative estimate of drug-likeness (QED) is 0.0130. The van der Waals surface area contributed by atoms with E-state index in [0.29, 0.717) is 52.6 Å². The van der Waals surface area contributed by atoms with Gasteiger partial charge in [0.2, 0.25) is 0 Å². The Hall–Kier alpha value is 6.05. The molecule has 8 radical (unpaired) electrons. The van der Waals surface area contributed by atoms with Crippen LogP contribution in [0.1, 0.15) is 316 Å². The predicted octanol–water partition coefficient (Wildman–Crippen LogP) is 8.11. The van der Waals surface area contributed by atoms with Crippen LogP contribution in [0.25, 0.3) is 0 Å². The average molecular weight is 1730 g/mol. The van der Waals surface area contributed by atoms with E-state index in [0.717, 1.165) is 0 Å². The molecule has 2 fully saturated rings. The SMILES string of the molecule is CCCC[NH2+]CCCC.CCCC[NH2+]CCCC.CCCC[NH2+]CCCC.CCCC[NH2+]CCCC.CCCC[NH2+]CCCC.CCCC[NH2+]CCCC.CCCC[NH2+]CCCC.CCCC[NH2+]CCCC.[SH-].[SH-].[SH-].[SH-].[SH-].[SH-].[SH-].[SH-].[S]1[Ge][S][Ge]1.[S]1[Ge][S][Ge]1. The van der Waals surface area contributed by atoms with Gasteiger partial charge in [-0.3, -0.25) is 0 Å². The Morgan fingerprint density at radius 3 is 0.239 bits per heavy atom. The van der Waals surface area contributed by atoms with E-state index in [1.807, 2.05) is 0 Å². The van der Waals surface area contributed by atoms with Crippen molar-refractivity contribution in [1.82, 2.24) is 0 Å². The zero-order valence-electron chi connectivity index (χ0n) is 61.8. The van der Waals surface area contributed by atoms with Crippen LogP contribution in [-0.4, -0.2) is 157 Å². The van der Waals surface area contributed by atoms with Gasteiger partial charge in [-0.15, -0.1) is 0 Å². The molecular weight excluding hydrogens is 1560 g/mol. The first kappa shape index (κ1) is 134. The van der Waals surface area contributed by atoms with Gasteiger partial charge < -0.3 is 150 Å². The van der Waals surface area contributed by atoms with Crippen molar-refractivity contribution in [3.8, 4) is 0 Å². The van der Waals surface area contributed by atoms with E-state index in [1.165, 1.54) is 310 Å². The monoisotopic (exact) mass is 1730 g/mol. The topological polar surface area (TPSA) is 133 Å². The molecule has 552 valence electrons. The summed E-state index contributed by atoms with van der Waals surface area (Å²) in [5.41, 5.74) is 0. The van der Waals surface area contributed by atoms with E-state index in [1.54, 1.807) is 0 Å². The molecule has 8 nitrogen and oxygen atoms in total. The van der Waals surface area contributed by atoms with Crippen molar-refractivity contribution < 1.29 is 42.5 Å². The van der Waals surface area contributed by atoms with Crippen molar-refractivity contribution >= 4 is 194 Å². The van der Waals surface area contributed by atoms with Crippen molar-refractivity contribution in [2.24, 2.45) is 0 Å². The minimum atomic E-state index is 0. The number of hydrogen-bond acceptors (Lipinski definition) is 12. The van der Waals surface area contributed by atoms with Crippen LogP contribution in [0.15, 0.2) is 0 Å². The fourth-order valence-electron chi connectivity index (χ4n) is 6.81. The summed E-state index contributed by atoms with van der Waals surface area (Å²) in [5.74, 6) is 0. The normalized spacial score (nSPS) is 10.4. The molecule has 0 bridgehead atoms. The summed E-state index contributed by atoms with van der Waals surface area (Å²) in [6.45, 7) is 57.2. The summed E-state index contributed by atoms with van der Waals surface area (Å²) in [7, 11) is 9.00. The molecule has 88 heavy (non-hydrogen) atoms. The molecule has 0 amide bonds. The van der Waals surface area contributed by atoms with Crippen LogP contribution in [0.4, 0.5) is 0 Å². The van der Waals surface area contributed by atoms with E-state index < -0.39 is 0 Å². The molecule has 0 aromatic rings. The summed E-state index contributed by atoms with van der Waals surface area (Å²) < 4.78 is 0. The van der Waals surface area contributed by atoms with Crippen molar-refractivity contribution in [2.45, 2.75) is 316 Å². The van der Waals surface area contributed by atoms with Gasteiger partial charge in [0, 0.05) is 0 Å². The van der Waals surface area contributed by atoms with Crippen LogP contribution < -0.4 is 42.5 Å². The van der Waals surface area contributed by atoms with Crippen LogP contribution in [0.5, 0.6) is 0 Å². The van der Waals surface area contributed by atoms with Crippen LogP contribution >= 0.6 is 33.7 Å². The van der Waals surface area contributed by atoms with E-state index in [2.05, 4.69) is 187 Å². The number of thiol groups is 8. The second-order valence-corrected chi connectivity index (χ2v) is 69.2. The van der Waals surface area contributed by atoms with E-state index in [4.69, 9.17) is 0 Å². The Morgan fingerprint density at radius 1 is 0.148 bits per heavy atom. The Kier molecular flexibility index (Phi) is 244. The van der Waals surface area contributed by atoms with Gasteiger partial charge in [-0.25, -0.2) is 0 Å². The molecule has 0 aromatic carbocycles. The van der Waals surface area contributed by atoms with Crippen molar-refractivity contribution in [2.75, 3.05) is 105 Å². The fraction of sp³-hybridized carbons (Fsp3) is 1.00. The van der Waals surface area contributed by atoms with Crippen LogP contribution in [0.3, 0.4) is 0 Å². The molecule has 0 spiro atoms. The van der Waals surface area contributed by atoms with Crippen molar-refractivity contribution in [1.29, 1.82) is 0 Å².